The van der Waals surface area contributed by atoms with Crippen molar-refractivity contribution in [3.05, 3.63) is 44.5 Å². The molecule has 0 aliphatic rings. The largest absolute Gasteiger partial charge is 0.382 e. The van der Waals surface area contributed by atoms with Crippen LogP contribution in [0.5, 0.6) is 0 Å². The molecule has 0 bridgehead atoms. The third-order valence-electron chi connectivity index (χ3n) is 2.81. The number of nitriles is 1. The Morgan fingerprint density at radius 2 is 2.30 bits per heavy atom. The first-order valence-electron chi connectivity index (χ1n) is 6.91. The van der Waals surface area contributed by atoms with Crippen molar-refractivity contribution < 1.29 is 14.5 Å². The highest BCUT2D eigenvalue weighted by Gasteiger charge is 2.12. The summed E-state index contributed by atoms with van der Waals surface area (Å²) in [6, 6.07) is 5.58. The highest BCUT2D eigenvalue weighted by atomic mass is 35.5. The van der Waals surface area contributed by atoms with Gasteiger partial charge in [-0.3, -0.25) is 14.9 Å². The molecule has 7 nitrogen and oxygen atoms in total. The summed E-state index contributed by atoms with van der Waals surface area (Å²) >= 11 is 5.94. The third kappa shape index (κ3) is 6.06. The number of benzene rings is 1. The molecule has 0 unspecified atom stereocenters. The van der Waals surface area contributed by atoms with E-state index in [-0.39, 0.29) is 21.8 Å². The average Bonchev–Trinajstić information content (AvgIpc) is 2.53. The number of carbonyl (C=O) groups is 1. The van der Waals surface area contributed by atoms with Gasteiger partial charge in [-0.1, -0.05) is 11.6 Å². The van der Waals surface area contributed by atoms with Gasteiger partial charge in [0.2, 0.25) is 0 Å². The van der Waals surface area contributed by atoms with Crippen molar-refractivity contribution in [3.63, 3.8) is 0 Å². The highest BCUT2D eigenvalue weighted by Crippen LogP contribution is 2.24. The number of nitrogens with zero attached hydrogens (tertiary/aromatic N) is 2. The van der Waals surface area contributed by atoms with Gasteiger partial charge in [-0.25, -0.2) is 0 Å². The van der Waals surface area contributed by atoms with E-state index >= 15 is 0 Å². The van der Waals surface area contributed by atoms with Crippen LogP contribution in [0.4, 0.5) is 5.69 Å². The Morgan fingerprint density at radius 1 is 1.57 bits per heavy atom. The van der Waals surface area contributed by atoms with Crippen LogP contribution >= 0.6 is 11.6 Å². The second-order valence-corrected chi connectivity index (χ2v) is 4.85. The molecule has 0 fully saturated rings. The molecule has 1 aromatic rings. The molecule has 0 aliphatic heterocycles. The zero-order chi connectivity index (χ0) is 17.2. The van der Waals surface area contributed by atoms with E-state index in [1.165, 1.54) is 24.3 Å². The summed E-state index contributed by atoms with van der Waals surface area (Å²) in [7, 11) is 0. The summed E-state index contributed by atoms with van der Waals surface area (Å²) in [5, 5.41) is 22.7. The fraction of sp³-hybridized carbons (Fsp3) is 0.333. The summed E-state index contributed by atoms with van der Waals surface area (Å²) in [5.41, 5.74) is -0.110. The number of ether oxygens (including phenoxy) is 1. The van der Waals surface area contributed by atoms with E-state index in [0.29, 0.717) is 26.2 Å². The molecular formula is C15H16ClN3O4. The van der Waals surface area contributed by atoms with Crippen molar-refractivity contribution in [2.45, 2.75) is 13.3 Å². The molecule has 1 N–H and O–H groups in total. The molecule has 0 spiro atoms. The lowest BCUT2D eigenvalue weighted by molar-refractivity contribution is -0.384. The summed E-state index contributed by atoms with van der Waals surface area (Å²) in [6.45, 7) is 3.35. The van der Waals surface area contributed by atoms with Crippen LogP contribution in [-0.4, -0.2) is 30.6 Å². The fourth-order valence-electron chi connectivity index (χ4n) is 1.68. The zero-order valence-corrected chi connectivity index (χ0v) is 13.3. The molecule has 1 aromatic carbocycles. The molecule has 1 rings (SSSR count). The Bertz CT molecular complexity index is 653. The van der Waals surface area contributed by atoms with Gasteiger partial charge in [0.1, 0.15) is 11.6 Å². The SMILES string of the molecule is CCOCCCNC(=O)/C(C#N)=C/c1cc([N+](=O)[O-])ccc1Cl. The van der Waals surface area contributed by atoms with Crippen molar-refractivity contribution >= 4 is 29.3 Å². The molecule has 1 amide bonds. The van der Waals surface area contributed by atoms with E-state index in [2.05, 4.69) is 5.32 Å². The molecule has 0 saturated carbocycles. The topological polar surface area (TPSA) is 105 Å². The average molecular weight is 338 g/mol. The van der Waals surface area contributed by atoms with Crippen LogP contribution in [0.1, 0.15) is 18.9 Å². The van der Waals surface area contributed by atoms with Crippen molar-refractivity contribution in [2.24, 2.45) is 0 Å². The van der Waals surface area contributed by atoms with E-state index in [4.69, 9.17) is 21.6 Å². The first kappa shape index (κ1) is 18.6. The van der Waals surface area contributed by atoms with E-state index in [1.807, 2.05) is 6.92 Å². The molecule has 0 radical (unpaired) electrons. The predicted octanol–water partition coefficient (Wildman–Crippen LogP) is 2.70. The number of hydrogen-bond donors (Lipinski definition) is 1. The molecule has 0 aliphatic carbocycles. The van der Waals surface area contributed by atoms with Crippen molar-refractivity contribution in [1.29, 1.82) is 5.26 Å². The maximum Gasteiger partial charge on any atom is 0.270 e. The van der Waals surface area contributed by atoms with Crippen LogP contribution in [-0.2, 0) is 9.53 Å². The quantitative estimate of drug-likeness (QED) is 0.258. The zero-order valence-electron chi connectivity index (χ0n) is 12.5. The number of nitrogens with one attached hydrogen (secondary N) is 1. The van der Waals surface area contributed by atoms with Crippen LogP contribution in [0.15, 0.2) is 23.8 Å². The van der Waals surface area contributed by atoms with Crippen molar-refractivity contribution in [2.75, 3.05) is 19.8 Å². The fourth-order valence-corrected chi connectivity index (χ4v) is 1.85. The second-order valence-electron chi connectivity index (χ2n) is 4.44. The predicted molar refractivity (Wildman–Crippen MR) is 85.8 cm³/mol. The van der Waals surface area contributed by atoms with E-state index in [1.54, 1.807) is 6.07 Å². The molecule has 0 aromatic heterocycles. The summed E-state index contributed by atoms with van der Waals surface area (Å²) in [4.78, 5) is 22.1. The number of nitro groups is 1. The molecule has 0 heterocycles. The van der Waals surface area contributed by atoms with Gasteiger partial charge < -0.3 is 10.1 Å². The lowest BCUT2D eigenvalue weighted by Gasteiger charge is -2.05. The van der Waals surface area contributed by atoms with Gasteiger partial charge in [-0.2, -0.15) is 5.26 Å². The second kappa shape index (κ2) is 9.56. The molecule has 23 heavy (non-hydrogen) atoms. The number of hydrogen-bond acceptors (Lipinski definition) is 5. The van der Waals surface area contributed by atoms with Gasteiger partial charge in [0, 0.05) is 42.5 Å². The van der Waals surface area contributed by atoms with Gasteiger partial charge in [0.15, 0.2) is 0 Å². The van der Waals surface area contributed by atoms with Crippen molar-refractivity contribution in [1.82, 2.24) is 5.32 Å². The lowest BCUT2D eigenvalue weighted by atomic mass is 10.1. The van der Waals surface area contributed by atoms with Crippen LogP contribution < -0.4 is 5.32 Å². The molecular weight excluding hydrogens is 322 g/mol. The lowest BCUT2D eigenvalue weighted by Crippen LogP contribution is -2.26. The van der Waals surface area contributed by atoms with Gasteiger partial charge in [0.25, 0.3) is 11.6 Å². The van der Waals surface area contributed by atoms with Crippen LogP contribution in [0.2, 0.25) is 5.02 Å². The maximum atomic E-state index is 11.9. The Morgan fingerprint density at radius 3 is 2.91 bits per heavy atom. The first-order chi connectivity index (χ1) is 11.0. The van der Waals surface area contributed by atoms with Crippen LogP contribution in [0.3, 0.4) is 0 Å². The number of non-ortho nitro benzene ring substituents is 1. The third-order valence-corrected chi connectivity index (χ3v) is 3.15. The minimum atomic E-state index is -0.576. The minimum Gasteiger partial charge on any atom is -0.382 e. The smallest absolute Gasteiger partial charge is 0.270 e. The number of amides is 1. The normalized spacial score (nSPS) is 10.9. The standard InChI is InChI=1S/C15H16ClN3O4/c1-2-23-7-3-6-18-15(20)12(10-17)8-11-9-13(19(21)22)4-5-14(11)16/h4-5,8-9H,2-3,6-7H2,1H3,(H,18,20)/b12-8+. The first-order valence-corrected chi connectivity index (χ1v) is 7.29. The highest BCUT2D eigenvalue weighted by molar-refractivity contribution is 6.32. The number of nitro benzene ring substituents is 1. The Hall–Kier alpha value is -2.43. The van der Waals surface area contributed by atoms with Crippen LogP contribution in [0, 0.1) is 21.4 Å². The number of halogens is 1. The monoisotopic (exact) mass is 337 g/mol. The van der Waals surface area contributed by atoms with Gasteiger partial charge in [0.05, 0.1) is 4.92 Å². The van der Waals surface area contributed by atoms with Crippen molar-refractivity contribution in [3.8, 4) is 6.07 Å². The number of carbonyl (C=O) groups excluding carboxylic acids is 1. The summed E-state index contributed by atoms with van der Waals surface area (Å²) in [6.07, 6.45) is 1.85. The van der Waals surface area contributed by atoms with Gasteiger partial charge >= 0.3 is 0 Å². The molecule has 122 valence electrons. The summed E-state index contributed by atoms with van der Waals surface area (Å²) < 4.78 is 5.14. The minimum absolute atomic E-state index is 0.171. The molecule has 8 heteroatoms. The molecule has 0 atom stereocenters. The summed E-state index contributed by atoms with van der Waals surface area (Å²) in [5.74, 6) is -0.563. The van der Waals surface area contributed by atoms with Gasteiger partial charge in [-0.05, 0) is 25.5 Å². The van der Waals surface area contributed by atoms with E-state index < -0.39 is 10.8 Å². The molecule has 0 saturated heterocycles. The van der Waals surface area contributed by atoms with E-state index in [0.717, 1.165) is 0 Å². The Kier molecular flexibility index (Phi) is 7.74. The van der Waals surface area contributed by atoms with Crippen LogP contribution in [0.25, 0.3) is 6.08 Å². The Balaban J connectivity index is 2.82. The number of rotatable bonds is 8. The Labute approximate surface area is 138 Å². The van der Waals surface area contributed by atoms with Gasteiger partial charge in [-0.15, -0.1) is 0 Å². The van der Waals surface area contributed by atoms with E-state index in [9.17, 15) is 14.9 Å². The maximum absolute atomic E-state index is 11.9.